The molecule has 14 rings (SSSR count). The van der Waals surface area contributed by atoms with E-state index in [1.807, 2.05) is 78.9 Å². The van der Waals surface area contributed by atoms with E-state index in [2.05, 4.69) is 58.5 Å². The minimum Gasteiger partial charge on any atom is -0.458 e. The fraction of sp³-hybridized carbons (Fsp3) is 0.100. The topological polar surface area (TPSA) is 35.9 Å². The number of benzene rings is 11. The van der Waals surface area contributed by atoms with E-state index in [9.17, 15) is 17.8 Å². The van der Waals surface area contributed by atoms with Crippen molar-refractivity contribution in [3.05, 3.63) is 296 Å². The summed E-state index contributed by atoms with van der Waals surface area (Å²) < 4.78 is 226. The molecule has 0 N–H and O–H groups in total. The van der Waals surface area contributed by atoms with Gasteiger partial charge in [-0.25, -0.2) is 4.98 Å². The van der Waals surface area contributed by atoms with Crippen LogP contribution in [0.25, 0.3) is 117 Å². The summed E-state index contributed by atoms with van der Waals surface area (Å²) >= 11 is 0. The molecule has 11 aromatic carbocycles. The quantitative estimate of drug-likeness (QED) is 0.0956. The van der Waals surface area contributed by atoms with Crippen LogP contribution in [0.2, 0.25) is 0 Å². The number of ether oxygens (including phenoxy) is 1. The lowest BCUT2D eigenvalue weighted by Crippen LogP contribution is -2.31. The molecule has 0 aliphatic carbocycles. The van der Waals surface area contributed by atoms with E-state index in [-0.39, 0.29) is 27.6 Å². The zero-order valence-electron chi connectivity index (χ0n) is 70.0. The smallest absolute Gasteiger partial charge is 0.269 e. The summed E-state index contributed by atoms with van der Waals surface area (Å²) in [6.45, 7) is 12.6. The summed E-state index contributed by atoms with van der Waals surface area (Å²) in [7, 11) is 0. The summed E-state index contributed by atoms with van der Waals surface area (Å²) in [5.74, 6) is 1.44. The van der Waals surface area contributed by atoms with Crippen molar-refractivity contribution >= 4 is 32.8 Å². The first-order valence-corrected chi connectivity index (χ1v) is 27.5. The van der Waals surface area contributed by atoms with Gasteiger partial charge in [-0.1, -0.05) is 223 Å². The Morgan fingerprint density at radius 2 is 0.988 bits per heavy atom. The SMILES string of the molecule is [2H]c1c([2H])c([2H])c(-c2cc(-c3c([2H])c([2H])c([2H])c([2H])c3[2H])c(-[n+]3[c-]n(-c4cccc(Oc5ccc6c7ccccc7n(-c7cc(C(C)(C)C)ccn7)c6c5)c4)c4cc(-c5ccc(C(C)(C)C)cc5)ccc43)c(-c3c([2H])c(-c4c([2H])c([2H])c([2H])c([2H])c4[2H])c([2H])c(-c4c([2H])c([2H])c([2H])c([2H])c4[2H])c3[2H])c2)c([2H])c1[2H]. The average Bonchev–Trinajstić information content (AvgIpc) is 1.03. The highest BCUT2D eigenvalue weighted by Crippen LogP contribution is 2.43. The predicted molar refractivity (Wildman–Crippen MR) is 352 cm³/mol. The largest absolute Gasteiger partial charge is 0.458 e. The van der Waals surface area contributed by atoms with E-state index in [1.54, 1.807) is 47.2 Å². The van der Waals surface area contributed by atoms with Gasteiger partial charge in [-0.15, -0.1) is 0 Å². The van der Waals surface area contributed by atoms with Crippen molar-refractivity contribution in [2.45, 2.75) is 52.4 Å². The third-order valence-corrected chi connectivity index (χ3v) is 14.9. The zero-order chi connectivity index (χ0) is 77.8. The molecule has 5 nitrogen and oxygen atoms in total. The molecular weight excluding hydrogens is 1030 g/mol. The second kappa shape index (κ2) is 21.4. The van der Waals surface area contributed by atoms with Crippen LogP contribution < -0.4 is 9.30 Å². The van der Waals surface area contributed by atoms with Gasteiger partial charge in [0.2, 0.25) is 0 Å². The Kier molecular flexibility index (Phi) is 8.34. The maximum atomic E-state index is 10.6. The zero-order valence-corrected chi connectivity index (χ0v) is 47.0. The monoisotopic (exact) mass is 1120 g/mol. The first-order valence-electron chi connectivity index (χ1n) is 39.0. The van der Waals surface area contributed by atoms with Crippen molar-refractivity contribution in [1.82, 2.24) is 14.1 Å². The van der Waals surface area contributed by atoms with Crippen LogP contribution in [0.1, 0.15) is 84.2 Å². The molecule has 0 spiro atoms. The van der Waals surface area contributed by atoms with Crippen LogP contribution in [0.3, 0.4) is 0 Å². The van der Waals surface area contributed by atoms with Crippen LogP contribution in [-0.2, 0) is 10.8 Å². The lowest BCUT2D eigenvalue weighted by atomic mass is 9.86. The Labute approximate surface area is 530 Å². The average molecular weight is 1120 g/mol. The summed E-state index contributed by atoms with van der Waals surface area (Å²) in [5, 5.41) is 1.91. The van der Waals surface area contributed by atoms with Crippen LogP contribution in [0.4, 0.5) is 0 Å². The Morgan fingerprint density at radius 3 is 1.64 bits per heavy atom. The summed E-state index contributed by atoms with van der Waals surface area (Å²) in [5.41, 5.74) is -1.00. The number of nitrogens with zero attached hydrogens (tertiary/aromatic N) is 4. The molecule has 14 aromatic rings. The molecule has 0 saturated heterocycles. The molecule has 0 unspecified atom stereocenters. The van der Waals surface area contributed by atoms with Gasteiger partial charge in [0, 0.05) is 23.0 Å². The highest BCUT2D eigenvalue weighted by atomic mass is 16.5. The molecule has 0 bridgehead atoms. The molecular formula is C80H64N4O. The second-order valence-corrected chi connectivity index (χ2v) is 22.5. The Bertz CT molecular complexity index is 6020. The van der Waals surface area contributed by atoms with Crippen molar-refractivity contribution in [3.63, 3.8) is 0 Å². The maximum Gasteiger partial charge on any atom is 0.269 e. The molecule has 85 heavy (non-hydrogen) atoms. The van der Waals surface area contributed by atoms with Gasteiger partial charge in [-0.2, -0.15) is 0 Å². The van der Waals surface area contributed by atoms with Crippen molar-refractivity contribution in [2.24, 2.45) is 0 Å². The summed E-state index contributed by atoms with van der Waals surface area (Å²) in [4.78, 5) is 4.86. The maximum absolute atomic E-state index is 10.6. The number of rotatable bonds is 11. The molecule has 0 fully saturated rings. The Hall–Kier alpha value is -10.4. The number of fused-ring (bicyclic) bond motifs is 4. The Balaban J connectivity index is 1.13. The summed E-state index contributed by atoms with van der Waals surface area (Å²) in [6.07, 6.45) is 5.26. The van der Waals surface area contributed by atoms with Crippen molar-refractivity contribution in [2.75, 3.05) is 0 Å². The Morgan fingerprint density at radius 1 is 0.424 bits per heavy atom. The molecule has 0 aliphatic heterocycles. The first-order chi connectivity index (χ1) is 50.9. The van der Waals surface area contributed by atoms with E-state index >= 15 is 0 Å². The number of imidazole rings is 1. The highest BCUT2D eigenvalue weighted by molar-refractivity contribution is 6.09. The first kappa shape index (κ1) is 33.1. The van der Waals surface area contributed by atoms with Crippen LogP contribution >= 0.6 is 0 Å². The number of para-hydroxylation sites is 1. The van der Waals surface area contributed by atoms with Gasteiger partial charge in [-0.3, -0.25) is 13.7 Å². The molecule has 0 amide bonds. The van der Waals surface area contributed by atoms with E-state index in [0.717, 1.165) is 38.5 Å². The molecule has 5 heteroatoms. The minimum absolute atomic E-state index is 0.191. The number of hydrogen-bond donors (Lipinski definition) is 0. The van der Waals surface area contributed by atoms with Crippen molar-refractivity contribution in [3.8, 4) is 95.5 Å². The predicted octanol–water partition coefficient (Wildman–Crippen LogP) is 20.6. The molecule has 3 heterocycles. The van der Waals surface area contributed by atoms with Gasteiger partial charge >= 0.3 is 0 Å². The van der Waals surface area contributed by atoms with Crippen molar-refractivity contribution < 1.29 is 40.8 Å². The van der Waals surface area contributed by atoms with E-state index in [1.165, 1.54) is 16.7 Å². The number of hydrogen-bond acceptors (Lipinski definition) is 2. The van der Waals surface area contributed by atoms with Crippen molar-refractivity contribution in [1.29, 1.82) is 0 Å². The lowest BCUT2D eigenvalue weighted by molar-refractivity contribution is -0.571. The molecule has 0 radical (unpaired) electrons. The summed E-state index contributed by atoms with van der Waals surface area (Å²) in [6, 6.07) is 19.8. The van der Waals surface area contributed by atoms with Crippen LogP contribution in [-0.4, -0.2) is 14.1 Å². The van der Waals surface area contributed by atoms with Gasteiger partial charge < -0.3 is 4.74 Å². The van der Waals surface area contributed by atoms with Crippen LogP contribution in [0, 0.1) is 6.33 Å². The second-order valence-electron chi connectivity index (χ2n) is 22.5. The number of pyridine rings is 1. The van der Waals surface area contributed by atoms with Gasteiger partial charge in [0.1, 0.15) is 17.3 Å². The van der Waals surface area contributed by atoms with Gasteiger partial charge in [0.05, 0.1) is 65.0 Å². The molecule has 3 aromatic heterocycles. The molecule has 0 atom stereocenters. The fourth-order valence-corrected chi connectivity index (χ4v) is 10.7. The van der Waals surface area contributed by atoms with Gasteiger partial charge in [0.25, 0.3) is 6.33 Å². The molecule has 0 aliphatic rings. The molecule has 0 saturated carbocycles. The normalized spacial score (nSPS) is 15.7. The molecule has 410 valence electrons. The third kappa shape index (κ3) is 10.2. The standard InChI is InChI=1S/C80H64N4O/c1-79(2,3)64-37-34-57(35-38-64)59-36-41-74-76(49-59)82(66-30-21-31-67(51-66)85-68-39-40-70-69-32-19-20-33-73(69)84(75(70)52-68)77-50-65(42-43-81-77)80(4,5)6)53-83(74)78-71(58-28-17-10-18-29-58)47-62(56-26-15-9-16-27-56)48-72(78)63-45-60(54-22-11-7-12-23-54)44-61(46-63)55-24-13-8-14-25-55/h7-52H,1-6H3/i7D,8D,9D,10D,11D,12D,13D,14D,15D,16D,17D,18D,22D,23D,24D,25D,26D,27D,28D,29D,44D,45D,46D. The third-order valence-electron chi connectivity index (χ3n) is 14.9. The van der Waals surface area contributed by atoms with Gasteiger partial charge in [0.15, 0.2) is 0 Å². The highest BCUT2D eigenvalue weighted by Gasteiger charge is 2.25. The fourth-order valence-electron chi connectivity index (χ4n) is 10.7. The number of aromatic nitrogens is 4. The van der Waals surface area contributed by atoms with Gasteiger partial charge in [-0.05, 0) is 174 Å². The van der Waals surface area contributed by atoms with Crippen LogP contribution in [0.5, 0.6) is 11.5 Å². The van der Waals surface area contributed by atoms with E-state index < -0.39 is 189 Å². The van der Waals surface area contributed by atoms with E-state index in [4.69, 9.17) is 23.4 Å². The van der Waals surface area contributed by atoms with Crippen LogP contribution in [0.15, 0.2) is 279 Å². The lowest BCUT2D eigenvalue weighted by Gasteiger charge is -2.21. The van der Waals surface area contributed by atoms with E-state index in [0.29, 0.717) is 34.1 Å². The minimum atomic E-state index is -1.01.